The summed E-state index contributed by atoms with van der Waals surface area (Å²) in [5.41, 5.74) is 2.30. The highest BCUT2D eigenvalue weighted by Crippen LogP contribution is 2.29. The van der Waals surface area contributed by atoms with Gasteiger partial charge in [0.1, 0.15) is 0 Å². The Morgan fingerprint density at radius 2 is 1.74 bits per heavy atom. The Kier molecular flexibility index (Phi) is 7.76. The molecule has 200 valence electrons. The predicted molar refractivity (Wildman–Crippen MR) is 131 cm³/mol. The van der Waals surface area contributed by atoms with Crippen LogP contribution in [0.1, 0.15) is 0 Å². The number of amides is 1. The highest BCUT2D eigenvalue weighted by Gasteiger charge is 2.42. The largest absolute Gasteiger partial charge is 0.491 e. The number of hydrogen-bond acceptors (Lipinski definition) is 10. The fourth-order valence-corrected chi connectivity index (χ4v) is 3.37. The summed E-state index contributed by atoms with van der Waals surface area (Å²) in [6.07, 6.45) is -0.136. The molecule has 15 heteroatoms. The summed E-state index contributed by atoms with van der Waals surface area (Å²) in [5, 5.41) is 12.7. The second kappa shape index (κ2) is 11.2. The molecule has 1 aliphatic rings. The minimum absolute atomic E-state index is 0.236. The fraction of sp³-hybridized carbons (Fsp3) is 0.261. The molecule has 38 heavy (non-hydrogen) atoms. The molecule has 1 saturated heterocycles. The highest BCUT2D eigenvalue weighted by molar-refractivity contribution is 6.03. The number of benzene rings is 1. The van der Waals surface area contributed by atoms with Gasteiger partial charge in [-0.05, 0) is 24.3 Å². The maximum Gasteiger partial charge on any atom is 0.491 e. The molecule has 1 aromatic carbocycles. The molecule has 0 atom stereocenters. The van der Waals surface area contributed by atoms with E-state index in [0.717, 1.165) is 5.69 Å². The van der Waals surface area contributed by atoms with Crippen molar-refractivity contribution in [2.45, 2.75) is 6.18 Å². The summed E-state index contributed by atoms with van der Waals surface area (Å²) < 4.78 is 48.0. The Balaban J connectivity index is 1.47. The van der Waals surface area contributed by atoms with Crippen molar-refractivity contribution in [3.05, 3.63) is 55.2 Å². The smallest absolute Gasteiger partial charge is 0.415 e. The molecule has 2 aromatic heterocycles. The van der Waals surface area contributed by atoms with Crippen LogP contribution in [0.3, 0.4) is 0 Å². The second-order valence-corrected chi connectivity index (χ2v) is 8.02. The lowest BCUT2D eigenvalue weighted by Crippen LogP contribution is -2.36. The van der Waals surface area contributed by atoms with Gasteiger partial charge in [-0.15, -0.1) is 0 Å². The number of morpholine rings is 1. The van der Waals surface area contributed by atoms with Crippen molar-refractivity contribution in [3.8, 4) is 0 Å². The molecule has 1 amide bonds. The van der Waals surface area contributed by atoms with E-state index in [1.54, 1.807) is 42.5 Å². The average Bonchev–Trinajstić information content (AvgIpc) is 3.29. The topological polar surface area (TPSA) is 136 Å². The summed E-state index contributed by atoms with van der Waals surface area (Å²) in [6, 6.07) is 6.26. The van der Waals surface area contributed by atoms with E-state index in [4.69, 9.17) is 4.74 Å². The van der Waals surface area contributed by atoms with Crippen molar-refractivity contribution in [1.82, 2.24) is 19.7 Å². The molecule has 0 saturated carbocycles. The fourth-order valence-electron chi connectivity index (χ4n) is 3.37. The number of esters is 1. The van der Waals surface area contributed by atoms with E-state index in [1.807, 2.05) is 0 Å². The van der Waals surface area contributed by atoms with Crippen molar-refractivity contribution in [2.75, 3.05) is 47.2 Å². The molecule has 0 radical (unpaired) electrons. The zero-order chi connectivity index (χ0) is 27.3. The minimum atomic E-state index is -5.25. The van der Waals surface area contributed by atoms with Crippen molar-refractivity contribution >= 4 is 46.4 Å². The summed E-state index contributed by atoms with van der Waals surface area (Å²) in [5.74, 6) is -3.76. The van der Waals surface area contributed by atoms with Crippen LogP contribution in [0.2, 0.25) is 0 Å². The number of anilines is 6. The molecular weight excluding hydrogens is 509 g/mol. The third kappa shape index (κ3) is 6.76. The molecule has 0 aliphatic carbocycles. The molecule has 0 spiro atoms. The number of ether oxygens (including phenoxy) is 2. The van der Waals surface area contributed by atoms with Crippen LogP contribution in [-0.2, 0) is 26.1 Å². The zero-order valence-corrected chi connectivity index (χ0v) is 20.1. The second-order valence-electron chi connectivity index (χ2n) is 8.02. The van der Waals surface area contributed by atoms with Crippen molar-refractivity contribution < 1.29 is 32.2 Å². The molecule has 1 aliphatic heterocycles. The average molecular weight is 532 g/mol. The van der Waals surface area contributed by atoms with E-state index < -0.39 is 23.8 Å². The number of aryl methyl sites for hydroxylation is 1. The Morgan fingerprint density at radius 3 is 2.37 bits per heavy atom. The van der Waals surface area contributed by atoms with Gasteiger partial charge >= 0.3 is 12.1 Å². The van der Waals surface area contributed by atoms with Gasteiger partial charge in [-0.25, -0.2) is 9.78 Å². The van der Waals surface area contributed by atoms with Crippen molar-refractivity contribution in [3.63, 3.8) is 0 Å². The van der Waals surface area contributed by atoms with Gasteiger partial charge in [0, 0.05) is 37.7 Å². The van der Waals surface area contributed by atoms with E-state index in [9.17, 15) is 22.8 Å². The third-order valence-electron chi connectivity index (χ3n) is 5.19. The summed E-state index contributed by atoms with van der Waals surface area (Å²) in [6.45, 7) is 5.50. The number of alkyl halides is 3. The zero-order valence-electron chi connectivity index (χ0n) is 20.1. The molecular formula is C23H23F3N8O4. The van der Waals surface area contributed by atoms with E-state index in [0.29, 0.717) is 49.4 Å². The van der Waals surface area contributed by atoms with E-state index in [1.165, 1.54) is 12.1 Å². The van der Waals surface area contributed by atoms with Crippen molar-refractivity contribution in [2.24, 2.45) is 7.05 Å². The summed E-state index contributed by atoms with van der Waals surface area (Å²) in [7, 11) is 1.79. The maximum absolute atomic E-state index is 12.3. The van der Waals surface area contributed by atoms with Crippen LogP contribution in [0.5, 0.6) is 0 Å². The number of hydrogen-bond donors (Lipinski definition) is 3. The number of rotatable bonds is 8. The minimum Gasteiger partial charge on any atom is -0.415 e. The lowest BCUT2D eigenvalue weighted by molar-refractivity contribution is -0.195. The van der Waals surface area contributed by atoms with Crippen LogP contribution in [0.25, 0.3) is 0 Å². The van der Waals surface area contributed by atoms with Gasteiger partial charge in [-0.1, -0.05) is 6.58 Å². The highest BCUT2D eigenvalue weighted by atomic mass is 19.4. The van der Waals surface area contributed by atoms with Gasteiger partial charge in [0.25, 0.3) is 5.91 Å². The first-order valence-electron chi connectivity index (χ1n) is 11.2. The summed E-state index contributed by atoms with van der Waals surface area (Å²) >= 11 is 0. The van der Waals surface area contributed by atoms with E-state index >= 15 is 0 Å². The lowest BCUT2D eigenvalue weighted by atomic mass is 10.2. The molecule has 1 fully saturated rings. The first-order chi connectivity index (χ1) is 18.1. The Bertz CT molecular complexity index is 1320. The number of nitrogens with zero attached hydrogens (tertiary/aromatic N) is 5. The van der Waals surface area contributed by atoms with Crippen LogP contribution in [0.15, 0.2) is 55.2 Å². The molecule has 3 aromatic rings. The lowest BCUT2D eigenvalue weighted by Gasteiger charge is -2.30. The maximum atomic E-state index is 12.3. The van der Waals surface area contributed by atoms with Gasteiger partial charge in [-0.3, -0.25) is 9.48 Å². The van der Waals surface area contributed by atoms with Gasteiger partial charge in [0.2, 0.25) is 5.95 Å². The molecule has 3 heterocycles. The van der Waals surface area contributed by atoms with Crippen molar-refractivity contribution in [1.29, 1.82) is 0 Å². The quantitative estimate of drug-likeness (QED) is 0.226. The molecule has 3 N–H and O–H groups in total. The number of carbonyl (C=O) groups excluding carboxylic acids is 2. The van der Waals surface area contributed by atoms with Crippen LogP contribution < -0.4 is 20.9 Å². The van der Waals surface area contributed by atoms with E-state index in [2.05, 4.69) is 47.2 Å². The monoisotopic (exact) mass is 532 g/mol. The third-order valence-corrected chi connectivity index (χ3v) is 5.19. The summed E-state index contributed by atoms with van der Waals surface area (Å²) in [4.78, 5) is 34.1. The first-order valence-corrected chi connectivity index (χ1v) is 11.2. The van der Waals surface area contributed by atoms with Gasteiger partial charge < -0.3 is 30.3 Å². The Labute approximate surface area is 214 Å². The van der Waals surface area contributed by atoms with Gasteiger partial charge in [0.05, 0.1) is 37.0 Å². The Hall–Kier alpha value is -4.66. The molecule has 0 bridgehead atoms. The molecule has 0 unspecified atom stereocenters. The number of halogens is 3. The number of carbonyl (C=O) groups is 2. The van der Waals surface area contributed by atoms with Crippen LogP contribution in [0.4, 0.5) is 47.7 Å². The Morgan fingerprint density at radius 1 is 1.05 bits per heavy atom. The van der Waals surface area contributed by atoms with E-state index in [-0.39, 0.29) is 5.69 Å². The molecule has 12 nitrogen and oxygen atoms in total. The normalized spacial score (nSPS) is 13.5. The van der Waals surface area contributed by atoms with Crippen LogP contribution in [0, 0.1) is 0 Å². The standard InChI is InChI=1S/C23H23F3N8O4/c1-14(38-21(36)23(24,25)26)20(35)30-16-5-3-15(4-6-16)29-19-18(34-7-9-37-10-8-34)12-27-22(32-19)31-17-11-28-33(2)13-17/h3-6,11-13H,1,7-10H2,2H3,(H,30,35)(H2,27,29,31,32). The SMILES string of the molecule is C=C(OC(=O)C(F)(F)F)C(=O)Nc1ccc(Nc2nc(Nc3cnn(C)c3)ncc2N2CCOCC2)cc1. The van der Waals surface area contributed by atoms with Gasteiger partial charge in [-0.2, -0.15) is 23.3 Å². The van der Waals surface area contributed by atoms with Crippen LogP contribution in [-0.4, -0.2) is 64.1 Å². The van der Waals surface area contributed by atoms with Gasteiger partial charge in [0.15, 0.2) is 11.6 Å². The first kappa shape index (κ1) is 26.4. The predicted octanol–water partition coefficient (Wildman–Crippen LogP) is 3.09. The number of aromatic nitrogens is 4. The molecule has 4 rings (SSSR count). The van der Waals surface area contributed by atoms with Crippen LogP contribution >= 0.6 is 0 Å². The number of nitrogens with one attached hydrogen (secondary N) is 3.